The highest BCUT2D eigenvalue weighted by Gasteiger charge is 2.35. The van der Waals surface area contributed by atoms with E-state index in [2.05, 4.69) is 15.4 Å². The molecule has 0 fully saturated rings. The number of aromatic nitrogens is 1. The number of hydrazone groups is 1. The number of nitrogens with one attached hydrogen (secondary N) is 1. The Balaban J connectivity index is 1.52. The van der Waals surface area contributed by atoms with Gasteiger partial charge in [-0.05, 0) is 36.4 Å². The molecule has 2 amide bonds. The van der Waals surface area contributed by atoms with E-state index < -0.39 is 35.4 Å². The van der Waals surface area contributed by atoms with Gasteiger partial charge < -0.3 is 5.73 Å². The molecule has 12 heteroatoms. The molecule has 4 rings (SSSR count). The average Bonchev–Trinajstić information content (AvgIpc) is 3.41. The number of carbonyl (C=O) groups is 2. The average molecular weight is 477 g/mol. The van der Waals surface area contributed by atoms with Crippen LogP contribution in [0.15, 0.2) is 59.0 Å². The summed E-state index contributed by atoms with van der Waals surface area (Å²) in [5, 5.41) is 9.59. The Morgan fingerprint density at radius 3 is 2.55 bits per heavy atom. The Labute approximate surface area is 188 Å². The number of halogens is 4. The lowest BCUT2D eigenvalue weighted by molar-refractivity contribution is -0.137. The van der Waals surface area contributed by atoms with Crippen LogP contribution in [0.25, 0.3) is 11.3 Å². The number of anilines is 2. The lowest BCUT2D eigenvalue weighted by atomic mass is 10.1. The molecular weight excluding hydrogens is 462 g/mol. The molecule has 0 saturated carbocycles. The van der Waals surface area contributed by atoms with E-state index in [9.17, 15) is 27.2 Å². The van der Waals surface area contributed by atoms with Crippen molar-refractivity contribution < 1.29 is 27.2 Å². The Hall–Kier alpha value is -3.80. The first kappa shape index (κ1) is 22.4. The van der Waals surface area contributed by atoms with E-state index in [0.29, 0.717) is 5.69 Å². The van der Waals surface area contributed by atoms with E-state index in [4.69, 9.17) is 5.73 Å². The normalized spacial score (nSPS) is 15.9. The van der Waals surface area contributed by atoms with E-state index in [1.807, 2.05) is 0 Å². The van der Waals surface area contributed by atoms with E-state index in [1.165, 1.54) is 46.8 Å². The number of hydrogen-bond acceptors (Lipinski definition) is 6. The number of rotatable bonds is 5. The minimum absolute atomic E-state index is 0.000978. The van der Waals surface area contributed by atoms with Crippen LogP contribution in [-0.4, -0.2) is 28.6 Å². The first-order chi connectivity index (χ1) is 15.6. The van der Waals surface area contributed by atoms with Gasteiger partial charge in [-0.2, -0.15) is 18.3 Å². The number of hydrogen-bond donors (Lipinski definition) is 2. The zero-order chi connectivity index (χ0) is 23.8. The Kier molecular flexibility index (Phi) is 5.85. The minimum Gasteiger partial charge on any atom is -0.368 e. The largest absolute Gasteiger partial charge is 0.416 e. The number of amides is 2. The van der Waals surface area contributed by atoms with Crippen LogP contribution in [0.1, 0.15) is 12.0 Å². The molecule has 0 spiro atoms. The summed E-state index contributed by atoms with van der Waals surface area (Å²) in [5.74, 6) is -1.83. The highest BCUT2D eigenvalue weighted by molar-refractivity contribution is 7.14. The van der Waals surface area contributed by atoms with Crippen LogP contribution in [-0.2, 0) is 15.8 Å². The van der Waals surface area contributed by atoms with E-state index in [-0.39, 0.29) is 28.5 Å². The molecule has 3 N–H and O–H groups in total. The monoisotopic (exact) mass is 477 g/mol. The zero-order valence-electron chi connectivity index (χ0n) is 16.6. The number of alkyl halides is 3. The van der Waals surface area contributed by atoms with Gasteiger partial charge >= 0.3 is 6.18 Å². The molecule has 0 saturated heterocycles. The minimum atomic E-state index is -4.49. The van der Waals surface area contributed by atoms with E-state index in [0.717, 1.165) is 23.5 Å². The van der Waals surface area contributed by atoms with Crippen LogP contribution in [0.2, 0.25) is 0 Å². The second kappa shape index (κ2) is 8.62. The van der Waals surface area contributed by atoms with Crippen molar-refractivity contribution in [3.63, 3.8) is 0 Å². The highest BCUT2D eigenvalue weighted by atomic mass is 32.1. The SMILES string of the molecule is NC(=O)C1CC(C(=O)Nc2nc(-c3cccc(C(F)(F)F)c3)cs2)=NN1c1ccc(F)cc1. The van der Waals surface area contributed by atoms with Crippen molar-refractivity contribution in [2.24, 2.45) is 10.8 Å². The van der Waals surface area contributed by atoms with E-state index >= 15 is 0 Å². The van der Waals surface area contributed by atoms with Crippen LogP contribution in [0.5, 0.6) is 0 Å². The van der Waals surface area contributed by atoms with Crippen LogP contribution in [0, 0.1) is 5.82 Å². The Bertz CT molecular complexity index is 1240. The predicted molar refractivity (Wildman–Crippen MR) is 115 cm³/mol. The third kappa shape index (κ3) is 4.85. The van der Waals surface area contributed by atoms with Crippen molar-refractivity contribution in [3.05, 3.63) is 65.3 Å². The first-order valence-electron chi connectivity index (χ1n) is 9.48. The second-order valence-corrected chi connectivity index (χ2v) is 7.92. The number of benzene rings is 2. The van der Waals surface area contributed by atoms with Crippen molar-refractivity contribution in [1.29, 1.82) is 0 Å². The summed E-state index contributed by atoms with van der Waals surface area (Å²) in [4.78, 5) is 28.7. The van der Waals surface area contributed by atoms with Crippen LogP contribution in [0.4, 0.5) is 28.4 Å². The fourth-order valence-corrected chi connectivity index (χ4v) is 3.90. The quantitative estimate of drug-likeness (QED) is 0.542. The number of thiazole rings is 1. The van der Waals surface area contributed by atoms with Crippen LogP contribution < -0.4 is 16.1 Å². The molecule has 1 aliphatic heterocycles. The summed E-state index contributed by atoms with van der Waals surface area (Å²) < 4.78 is 52.1. The molecule has 0 bridgehead atoms. The summed E-state index contributed by atoms with van der Waals surface area (Å²) in [6, 6.07) is 8.92. The van der Waals surface area contributed by atoms with Crippen molar-refractivity contribution >= 4 is 39.7 Å². The van der Waals surface area contributed by atoms with Gasteiger partial charge in [0.1, 0.15) is 17.6 Å². The Morgan fingerprint density at radius 2 is 1.88 bits per heavy atom. The van der Waals surface area contributed by atoms with Gasteiger partial charge in [-0.15, -0.1) is 11.3 Å². The maximum absolute atomic E-state index is 13.2. The highest BCUT2D eigenvalue weighted by Crippen LogP contribution is 2.33. The van der Waals surface area contributed by atoms with Crippen molar-refractivity contribution in [2.45, 2.75) is 18.6 Å². The van der Waals surface area contributed by atoms with Gasteiger partial charge in [-0.25, -0.2) is 9.37 Å². The van der Waals surface area contributed by atoms with Gasteiger partial charge in [-0.3, -0.25) is 19.9 Å². The summed E-state index contributed by atoms with van der Waals surface area (Å²) in [5.41, 5.74) is 5.51. The zero-order valence-corrected chi connectivity index (χ0v) is 17.5. The van der Waals surface area contributed by atoms with Gasteiger partial charge in [0, 0.05) is 17.4 Å². The number of nitrogens with two attached hydrogens (primary N) is 1. The second-order valence-electron chi connectivity index (χ2n) is 7.06. The molecule has 33 heavy (non-hydrogen) atoms. The summed E-state index contributed by atoms with van der Waals surface area (Å²) >= 11 is 1.02. The van der Waals surface area contributed by atoms with Gasteiger partial charge in [0.2, 0.25) is 5.91 Å². The van der Waals surface area contributed by atoms with E-state index in [1.54, 1.807) is 0 Å². The Morgan fingerprint density at radius 1 is 1.15 bits per heavy atom. The maximum Gasteiger partial charge on any atom is 0.416 e. The lowest BCUT2D eigenvalue weighted by Crippen LogP contribution is -2.39. The number of carbonyl (C=O) groups excluding carboxylic acids is 2. The van der Waals surface area contributed by atoms with Crippen molar-refractivity contribution in [1.82, 2.24) is 4.98 Å². The fourth-order valence-electron chi connectivity index (χ4n) is 3.19. The summed E-state index contributed by atoms with van der Waals surface area (Å²) in [7, 11) is 0. The molecule has 0 radical (unpaired) electrons. The third-order valence-corrected chi connectivity index (χ3v) is 5.56. The molecule has 1 aromatic heterocycles. The predicted octanol–water partition coefficient (Wildman–Crippen LogP) is 4.03. The summed E-state index contributed by atoms with van der Waals surface area (Å²) in [6.07, 6.45) is -4.57. The maximum atomic E-state index is 13.2. The van der Waals surface area contributed by atoms with Crippen LogP contribution >= 0.6 is 11.3 Å². The first-order valence-corrected chi connectivity index (χ1v) is 10.4. The molecule has 170 valence electrons. The summed E-state index contributed by atoms with van der Waals surface area (Å²) in [6.45, 7) is 0. The molecule has 3 aromatic rings. The molecule has 0 aliphatic carbocycles. The lowest BCUT2D eigenvalue weighted by Gasteiger charge is -2.20. The van der Waals surface area contributed by atoms with Gasteiger partial charge in [0.15, 0.2) is 5.13 Å². The molecule has 2 heterocycles. The fraction of sp³-hybridized carbons (Fsp3) is 0.143. The molecule has 1 atom stereocenters. The smallest absolute Gasteiger partial charge is 0.368 e. The van der Waals surface area contributed by atoms with Crippen molar-refractivity contribution in [3.8, 4) is 11.3 Å². The standard InChI is InChI=1S/C21H15F4N5O2S/c22-13-4-6-14(7-5-13)30-17(18(26)31)9-15(29-30)19(32)28-20-27-16(10-33-20)11-2-1-3-12(8-11)21(23,24)25/h1-8,10,17H,9H2,(H2,26,31)(H,27,28,32). The molecule has 2 aromatic carbocycles. The van der Waals surface area contributed by atoms with Gasteiger partial charge in [-0.1, -0.05) is 12.1 Å². The van der Waals surface area contributed by atoms with Gasteiger partial charge in [0.25, 0.3) is 5.91 Å². The number of nitrogens with zero attached hydrogens (tertiary/aromatic N) is 3. The molecule has 1 unspecified atom stereocenters. The third-order valence-electron chi connectivity index (χ3n) is 4.80. The van der Waals surface area contributed by atoms with Gasteiger partial charge in [0.05, 0.1) is 16.9 Å². The molecule has 7 nitrogen and oxygen atoms in total. The topological polar surface area (TPSA) is 101 Å². The van der Waals surface area contributed by atoms with Crippen LogP contribution in [0.3, 0.4) is 0 Å². The number of primary amides is 1. The molecule has 1 aliphatic rings. The molecular formula is C21H15F4N5O2S. The van der Waals surface area contributed by atoms with Crippen molar-refractivity contribution in [2.75, 3.05) is 10.3 Å².